The first-order valence-electron chi connectivity index (χ1n) is 6.35. The fourth-order valence-electron chi connectivity index (χ4n) is 2.08. The van der Waals surface area contributed by atoms with Crippen LogP contribution >= 0.6 is 0 Å². The van der Waals surface area contributed by atoms with Gasteiger partial charge in [-0.1, -0.05) is 12.1 Å². The minimum absolute atomic E-state index is 0.0975. The Morgan fingerprint density at radius 2 is 1.95 bits per heavy atom. The number of benzene rings is 1. The number of alkyl halides is 3. The summed E-state index contributed by atoms with van der Waals surface area (Å²) >= 11 is 0. The van der Waals surface area contributed by atoms with Gasteiger partial charge in [0.1, 0.15) is 12.0 Å². The summed E-state index contributed by atoms with van der Waals surface area (Å²) in [6, 6.07) is 4.32. The van der Waals surface area contributed by atoms with E-state index in [2.05, 4.69) is 0 Å². The van der Waals surface area contributed by atoms with Gasteiger partial charge in [0.15, 0.2) is 0 Å². The number of carboxylic acids is 1. The molecule has 1 aromatic carbocycles. The summed E-state index contributed by atoms with van der Waals surface area (Å²) in [5.41, 5.74) is -1.05. The van der Waals surface area contributed by atoms with Gasteiger partial charge < -0.3 is 14.6 Å². The number of ether oxygens (including phenoxy) is 1. The lowest BCUT2D eigenvalue weighted by atomic mass is 9.85. The lowest BCUT2D eigenvalue weighted by molar-refractivity contribution is -0.187. The smallest absolute Gasteiger partial charge is 0.430 e. The fraction of sp³-hybridized carbons (Fsp3) is 0.333. The molecule has 0 aliphatic carbocycles. The van der Waals surface area contributed by atoms with Gasteiger partial charge in [0.05, 0.1) is 5.57 Å². The summed E-state index contributed by atoms with van der Waals surface area (Å²) in [6.07, 6.45) is -5.76. The molecular weight excluding hydrogens is 301 g/mol. The van der Waals surface area contributed by atoms with E-state index >= 15 is 0 Å². The molecule has 0 spiro atoms. The van der Waals surface area contributed by atoms with Crippen molar-refractivity contribution in [2.45, 2.75) is 31.5 Å². The lowest BCUT2D eigenvalue weighted by Gasteiger charge is -2.28. The molecule has 1 aliphatic rings. The molecule has 0 amide bonds. The maximum absolute atomic E-state index is 13.0. The first kappa shape index (κ1) is 16.1. The van der Waals surface area contributed by atoms with E-state index < -0.39 is 29.2 Å². The van der Waals surface area contributed by atoms with Crippen LogP contribution in [-0.2, 0) is 15.0 Å². The van der Waals surface area contributed by atoms with Crippen LogP contribution in [-0.4, -0.2) is 29.6 Å². The number of halogens is 3. The highest BCUT2D eigenvalue weighted by Gasteiger charge is 2.48. The average Bonchev–Trinajstić information content (AvgIpc) is 2.44. The molecule has 1 atom stereocenters. The second-order valence-corrected chi connectivity index (χ2v) is 5.54. The number of fused-ring (bicyclic) bond motifs is 1. The molecule has 1 N–H and O–H groups in total. The van der Waals surface area contributed by atoms with E-state index in [-0.39, 0.29) is 11.3 Å². The molecule has 1 unspecified atom stereocenters. The van der Waals surface area contributed by atoms with Crippen molar-refractivity contribution in [3.8, 4) is 5.75 Å². The van der Waals surface area contributed by atoms with Crippen LogP contribution in [0.1, 0.15) is 25.0 Å². The van der Waals surface area contributed by atoms with E-state index in [4.69, 9.17) is 9.84 Å². The fourth-order valence-corrected chi connectivity index (χ4v) is 2.08. The second-order valence-electron chi connectivity index (χ2n) is 5.54. The van der Waals surface area contributed by atoms with Crippen molar-refractivity contribution < 1.29 is 32.6 Å². The van der Waals surface area contributed by atoms with E-state index in [1.165, 1.54) is 12.1 Å². The van der Waals surface area contributed by atoms with Crippen molar-refractivity contribution in [3.05, 3.63) is 34.9 Å². The zero-order valence-corrected chi connectivity index (χ0v) is 11.8. The molecule has 0 bridgehead atoms. The summed E-state index contributed by atoms with van der Waals surface area (Å²) in [5.74, 6) is -1.79. The Morgan fingerprint density at radius 1 is 1.32 bits per heavy atom. The molecule has 0 saturated carbocycles. The zero-order chi connectivity index (χ0) is 16.7. The summed E-state index contributed by atoms with van der Waals surface area (Å²) in [4.78, 5) is 22.0. The van der Waals surface area contributed by atoms with Gasteiger partial charge in [0.2, 0.25) is 6.10 Å². The number of carboxylic acid groups (broad SMARTS) is 1. The Bertz CT molecular complexity index is 659. The molecule has 0 saturated heterocycles. The average molecular weight is 314 g/mol. The monoisotopic (exact) mass is 314 g/mol. The Hall–Kier alpha value is -2.31. The summed E-state index contributed by atoms with van der Waals surface area (Å²) < 4.78 is 43.7. The standard InChI is InChI=1S/C15H13F3O4/c1-14(2,7-19)9-4-3-8-5-10(13(20)21)12(15(16,17)18)22-11(8)6-9/h3-7,12H,1-2H3,(H,20,21). The number of rotatable bonds is 3. The normalized spacial score (nSPS) is 18.0. The molecule has 0 aromatic heterocycles. The third kappa shape index (κ3) is 2.84. The highest BCUT2D eigenvalue weighted by Crippen LogP contribution is 2.38. The van der Waals surface area contributed by atoms with Crippen molar-refractivity contribution in [1.29, 1.82) is 0 Å². The van der Waals surface area contributed by atoms with Gasteiger partial charge >= 0.3 is 12.1 Å². The van der Waals surface area contributed by atoms with Crippen LogP contribution in [0.4, 0.5) is 13.2 Å². The van der Waals surface area contributed by atoms with Gasteiger partial charge in [-0.05, 0) is 31.6 Å². The third-order valence-corrected chi connectivity index (χ3v) is 3.43. The van der Waals surface area contributed by atoms with Crippen molar-refractivity contribution in [2.24, 2.45) is 0 Å². The Kier molecular flexibility index (Phi) is 3.76. The van der Waals surface area contributed by atoms with Gasteiger partial charge in [-0.3, -0.25) is 0 Å². The molecule has 0 fully saturated rings. The highest BCUT2D eigenvalue weighted by molar-refractivity contribution is 5.95. The number of aldehydes is 1. The maximum Gasteiger partial charge on any atom is 0.430 e. The van der Waals surface area contributed by atoms with Gasteiger partial charge in [-0.2, -0.15) is 13.2 Å². The van der Waals surface area contributed by atoms with Crippen molar-refractivity contribution in [1.82, 2.24) is 0 Å². The van der Waals surface area contributed by atoms with Crippen LogP contribution in [0.2, 0.25) is 0 Å². The molecule has 1 aromatic rings. The van der Waals surface area contributed by atoms with E-state index in [0.29, 0.717) is 11.8 Å². The summed E-state index contributed by atoms with van der Waals surface area (Å²) in [5, 5.41) is 8.92. The first-order valence-corrected chi connectivity index (χ1v) is 6.35. The maximum atomic E-state index is 13.0. The topological polar surface area (TPSA) is 63.6 Å². The van der Waals surface area contributed by atoms with Crippen LogP contribution < -0.4 is 4.74 Å². The van der Waals surface area contributed by atoms with Crippen molar-refractivity contribution in [3.63, 3.8) is 0 Å². The summed E-state index contributed by atoms with van der Waals surface area (Å²) in [7, 11) is 0. The first-order chi connectivity index (χ1) is 10.1. The Morgan fingerprint density at radius 3 is 2.45 bits per heavy atom. The Labute approximate surface area is 124 Å². The van der Waals surface area contributed by atoms with Gasteiger partial charge in [0.25, 0.3) is 0 Å². The molecule has 7 heteroatoms. The van der Waals surface area contributed by atoms with Crippen LogP contribution in [0.15, 0.2) is 23.8 Å². The van der Waals surface area contributed by atoms with Crippen LogP contribution in [0.5, 0.6) is 5.75 Å². The molecule has 1 aliphatic heterocycles. The molecule has 118 valence electrons. The summed E-state index contributed by atoms with van der Waals surface area (Å²) in [6.45, 7) is 3.23. The number of hydrogen-bond donors (Lipinski definition) is 1. The van der Waals surface area contributed by atoms with Crippen LogP contribution in [0, 0.1) is 0 Å². The molecule has 4 nitrogen and oxygen atoms in total. The zero-order valence-electron chi connectivity index (χ0n) is 11.8. The lowest BCUT2D eigenvalue weighted by Crippen LogP contribution is -2.40. The van der Waals surface area contributed by atoms with Gasteiger partial charge in [-0.25, -0.2) is 4.79 Å². The molecule has 1 heterocycles. The largest absolute Gasteiger partial charge is 0.478 e. The Balaban J connectivity index is 2.54. The quantitative estimate of drug-likeness (QED) is 0.871. The van der Waals surface area contributed by atoms with Crippen LogP contribution in [0.3, 0.4) is 0 Å². The predicted molar refractivity (Wildman–Crippen MR) is 71.6 cm³/mol. The van der Waals surface area contributed by atoms with Gasteiger partial charge in [0, 0.05) is 11.0 Å². The molecule has 22 heavy (non-hydrogen) atoms. The number of carbonyl (C=O) groups excluding carboxylic acids is 1. The molecular formula is C15H13F3O4. The SMILES string of the molecule is CC(C)(C=O)c1ccc2c(c1)OC(C(F)(F)F)C(C(=O)O)=C2. The minimum atomic E-state index is -4.85. The molecule has 2 rings (SSSR count). The second kappa shape index (κ2) is 5.15. The minimum Gasteiger partial charge on any atom is -0.478 e. The van der Waals surface area contributed by atoms with E-state index in [0.717, 1.165) is 6.08 Å². The highest BCUT2D eigenvalue weighted by atomic mass is 19.4. The number of aliphatic carboxylic acids is 1. The predicted octanol–water partition coefficient (Wildman–Crippen LogP) is 2.95. The number of hydrogen-bond acceptors (Lipinski definition) is 3. The van der Waals surface area contributed by atoms with Crippen LogP contribution in [0.25, 0.3) is 6.08 Å². The molecule has 0 radical (unpaired) electrons. The van der Waals surface area contributed by atoms with E-state index in [1.807, 2.05) is 0 Å². The van der Waals surface area contributed by atoms with Crippen molar-refractivity contribution >= 4 is 18.3 Å². The third-order valence-electron chi connectivity index (χ3n) is 3.43. The van der Waals surface area contributed by atoms with Gasteiger partial charge in [-0.15, -0.1) is 0 Å². The van der Waals surface area contributed by atoms with E-state index in [1.54, 1.807) is 19.9 Å². The van der Waals surface area contributed by atoms with Crippen molar-refractivity contribution in [2.75, 3.05) is 0 Å². The number of carbonyl (C=O) groups is 2. The van der Waals surface area contributed by atoms with E-state index in [9.17, 15) is 22.8 Å².